The third kappa shape index (κ3) is 5.65. The molecule has 8 heteroatoms. The molecule has 1 spiro atoms. The number of unbranched alkanes of at least 4 members (excludes halogenated alkanes) is 3. The van der Waals surface area contributed by atoms with Crippen molar-refractivity contribution in [3.8, 4) is 0 Å². The Kier molecular flexibility index (Phi) is 9.33. The van der Waals surface area contributed by atoms with E-state index in [1.165, 1.54) is 0 Å². The quantitative estimate of drug-likeness (QED) is 0.209. The molecule has 8 nitrogen and oxygen atoms in total. The van der Waals surface area contributed by atoms with E-state index in [4.69, 9.17) is 9.47 Å². The van der Waals surface area contributed by atoms with Crippen LogP contribution in [0.25, 0.3) is 0 Å². The standard InChI is InChI=1S/C31H52N2O6/c1-10-16-33(29(7,8)20-28(4,5)6)26(36)24-31-19-21(3)30(9,39-31)23(27(37)38-11-2)22(31)25(35)32(24)17-14-12-13-15-18-34/h10,21-24,34H,1,11-20H2,2-9H3/t21?,22-,23+,24?,30-,31?/m0/s1. The minimum atomic E-state index is -1.08. The van der Waals surface area contributed by atoms with E-state index in [2.05, 4.69) is 41.2 Å². The Hall–Kier alpha value is -1.93. The molecular formula is C31H52N2O6. The van der Waals surface area contributed by atoms with Crippen molar-refractivity contribution in [2.75, 3.05) is 26.3 Å². The number of esters is 1. The molecule has 3 saturated heterocycles. The Morgan fingerprint density at radius 1 is 1.21 bits per heavy atom. The van der Waals surface area contributed by atoms with Gasteiger partial charge >= 0.3 is 5.97 Å². The molecule has 0 aromatic heterocycles. The SMILES string of the molecule is C=CCN(C(=O)C1N(CCCCCCO)C(=O)[C@@H]2[C@H](C(=O)OCC)[C@@]3(C)OC12CC3C)C(C)(C)CC(C)(C)C. The number of ether oxygens (including phenoxy) is 2. The molecule has 3 aliphatic rings. The first-order chi connectivity index (χ1) is 18.1. The average molecular weight is 549 g/mol. The summed E-state index contributed by atoms with van der Waals surface area (Å²) >= 11 is 0. The maximum absolute atomic E-state index is 14.8. The zero-order valence-corrected chi connectivity index (χ0v) is 25.5. The van der Waals surface area contributed by atoms with Crippen molar-refractivity contribution in [2.24, 2.45) is 23.2 Å². The lowest BCUT2D eigenvalue weighted by molar-refractivity contribution is -0.162. The molecule has 0 aromatic carbocycles. The second-order valence-corrected chi connectivity index (χ2v) is 13.9. The van der Waals surface area contributed by atoms with Gasteiger partial charge in [-0.15, -0.1) is 6.58 Å². The van der Waals surface area contributed by atoms with Crippen LogP contribution in [0.4, 0.5) is 0 Å². The minimum Gasteiger partial charge on any atom is -0.466 e. The minimum absolute atomic E-state index is 0.0220. The molecule has 6 atom stereocenters. The monoisotopic (exact) mass is 548 g/mol. The van der Waals surface area contributed by atoms with Gasteiger partial charge in [0.1, 0.15) is 17.6 Å². The number of rotatable bonds is 13. The van der Waals surface area contributed by atoms with E-state index in [-0.39, 0.29) is 36.4 Å². The first kappa shape index (κ1) is 31.6. The van der Waals surface area contributed by atoms with Gasteiger partial charge in [-0.05, 0) is 64.7 Å². The van der Waals surface area contributed by atoms with E-state index >= 15 is 0 Å². The summed E-state index contributed by atoms with van der Waals surface area (Å²) in [6.07, 6.45) is 6.15. The molecule has 0 saturated carbocycles. The Bertz CT molecular complexity index is 942. The molecule has 0 aliphatic carbocycles. The van der Waals surface area contributed by atoms with Crippen molar-refractivity contribution in [2.45, 2.75) is 117 Å². The third-order valence-corrected chi connectivity index (χ3v) is 9.17. The average Bonchev–Trinajstić information content (AvgIpc) is 3.32. The molecule has 3 unspecified atom stereocenters. The number of hydrogen-bond donors (Lipinski definition) is 1. The van der Waals surface area contributed by atoms with Crippen molar-refractivity contribution in [1.82, 2.24) is 9.80 Å². The van der Waals surface area contributed by atoms with Crippen LogP contribution < -0.4 is 0 Å². The predicted molar refractivity (Wildman–Crippen MR) is 151 cm³/mol. The number of fused-ring (bicyclic) bond motifs is 1. The van der Waals surface area contributed by atoms with Crippen LogP contribution in [0, 0.1) is 23.2 Å². The van der Waals surface area contributed by atoms with Crippen LogP contribution >= 0.6 is 0 Å². The van der Waals surface area contributed by atoms with Gasteiger partial charge in [-0.2, -0.15) is 0 Å². The van der Waals surface area contributed by atoms with Crippen LogP contribution in [0.5, 0.6) is 0 Å². The number of aliphatic hydroxyl groups excluding tert-OH is 1. The molecule has 3 heterocycles. The topological polar surface area (TPSA) is 96.4 Å². The van der Waals surface area contributed by atoms with E-state index in [0.29, 0.717) is 32.4 Å². The smallest absolute Gasteiger partial charge is 0.312 e. The summed E-state index contributed by atoms with van der Waals surface area (Å²) in [6, 6.07) is -0.823. The van der Waals surface area contributed by atoms with Gasteiger partial charge in [0.15, 0.2) is 0 Å². The number of aliphatic hydroxyl groups is 1. The highest BCUT2D eigenvalue weighted by atomic mass is 16.6. The number of likely N-dealkylation sites (tertiary alicyclic amines) is 1. The number of carbonyl (C=O) groups excluding carboxylic acids is 3. The Balaban J connectivity index is 2.08. The summed E-state index contributed by atoms with van der Waals surface area (Å²) in [5, 5.41) is 9.17. The van der Waals surface area contributed by atoms with Gasteiger partial charge in [-0.1, -0.05) is 46.6 Å². The lowest BCUT2D eigenvalue weighted by Gasteiger charge is -2.45. The summed E-state index contributed by atoms with van der Waals surface area (Å²) in [4.78, 5) is 45.9. The Morgan fingerprint density at radius 3 is 2.41 bits per heavy atom. The van der Waals surface area contributed by atoms with Crippen LogP contribution in [-0.2, 0) is 23.9 Å². The van der Waals surface area contributed by atoms with Gasteiger partial charge in [-0.3, -0.25) is 14.4 Å². The fourth-order valence-electron chi connectivity index (χ4n) is 7.90. The summed E-state index contributed by atoms with van der Waals surface area (Å²) in [5.41, 5.74) is -2.48. The van der Waals surface area contributed by atoms with Gasteiger partial charge in [-0.25, -0.2) is 0 Å². The van der Waals surface area contributed by atoms with Crippen LogP contribution in [0.2, 0.25) is 0 Å². The highest BCUT2D eigenvalue weighted by molar-refractivity contribution is 5.98. The lowest BCUT2D eigenvalue weighted by Crippen LogP contribution is -2.61. The number of amides is 2. The molecular weight excluding hydrogens is 496 g/mol. The molecule has 0 aromatic rings. The summed E-state index contributed by atoms with van der Waals surface area (Å²) < 4.78 is 12.3. The van der Waals surface area contributed by atoms with Crippen molar-refractivity contribution in [1.29, 1.82) is 0 Å². The van der Waals surface area contributed by atoms with E-state index in [1.807, 2.05) is 18.7 Å². The van der Waals surface area contributed by atoms with Gasteiger partial charge < -0.3 is 24.4 Å². The van der Waals surface area contributed by atoms with Crippen LogP contribution in [-0.4, -0.2) is 81.8 Å². The first-order valence-corrected chi connectivity index (χ1v) is 14.8. The normalized spacial score (nSPS) is 31.9. The van der Waals surface area contributed by atoms with Gasteiger partial charge in [0.2, 0.25) is 11.8 Å². The second kappa shape index (κ2) is 11.5. The molecule has 2 amide bonds. The van der Waals surface area contributed by atoms with Crippen LogP contribution in [0.1, 0.15) is 93.9 Å². The molecule has 222 valence electrons. The number of carbonyl (C=O) groups is 3. The van der Waals surface area contributed by atoms with Gasteiger partial charge in [0.05, 0.1) is 18.1 Å². The zero-order chi connectivity index (χ0) is 29.4. The fraction of sp³-hybridized carbons (Fsp3) is 0.839. The number of hydrogen-bond acceptors (Lipinski definition) is 6. The summed E-state index contributed by atoms with van der Waals surface area (Å²) in [6.45, 7) is 21.4. The van der Waals surface area contributed by atoms with E-state index in [1.54, 1.807) is 17.9 Å². The summed E-state index contributed by atoms with van der Waals surface area (Å²) in [5.74, 6) is -2.27. The van der Waals surface area contributed by atoms with Crippen molar-refractivity contribution >= 4 is 17.8 Å². The highest BCUT2D eigenvalue weighted by Crippen LogP contribution is 2.65. The molecule has 3 fully saturated rings. The van der Waals surface area contributed by atoms with E-state index in [0.717, 1.165) is 19.3 Å². The lowest BCUT2D eigenvalue weighted by atomic mass is 9.62. The molecule has 2 bridgehead atoms. The van der Waals surface area contributed by atoms with E-state index in [9.17, 15) is 19.5 Å². The van der Waals surface area contributed by atoms with E-state index < -0.39 is 40.6 Å². The third-order valence-electron chi connectivity index (χ3n) is 9.17. The zero-order valence-electron chi connectivity index (χ0n) is 25.5. The van der Waals surface area contributed by atoms with Crippen molar-refractivity contribution in [3.63, 3.8) is 0 Å². The predicted octanol–water partition coefficient (Wildman–Crippen LogP) is 4.34. The second-order valence-electron chi connectivity index (χ2n) is 13.9. The molecule has 1 N–H and O–H groups in total. The Morgan fingerprint density at radius 2 is 1.85 bits per heavy atom. The molecule has 3 aliphatic heterocycles. The highest BCUT2D eigenvalue weighted by Gasteiger charge is 2.80. The van der Waals surface area contributed by atoms with Gasteiger partial charge in [0.25, 0.3) is 0 Å². The molecule has 0 radical (unpaired) electrons. The maximum Gasteiger partial charge on any atom is 0.312 e. The van der Waals surface area contributed by atoms with Gasteiger partial charge in [0, 0.05) is 25.2 Å². The van der Waals surface area contributed by atoms with Crippen LogP contribution in [0.15, 0.2) is 12.7 Å². The number of nitrogens with zero attached hydrogens (tertiary/aromatic N) is 2. The van der Waals surface area contributed by atoms with Crippen LogP contribution in [0.3, 0.4) is 0 Å². The first-order valence-electron chi connectivity index (χ1n) is 14.8. The maximum atomic E-state index is 14.8. The fourth-order valence-corrected chi connectivity index (χ4v) is 7.90. The largest absolute Gasteiger partial charge is 0.466 e. The van der Waals surface area contributed by atoms with Crippen molar-refractivity contribution < 1.29 is 29.0 Å². The van der Waals surface area contributed by atoms with Crippen molar-refractivity contribution in [3.05, 3.63) is 12.7 Å². The molecule has 3 rings (SSSR count). The molecule has 39 heavy (non-hydrogen) atoms. The summed E-state index contributed by atoms with van der Waals surface area (Å²) in [7, 11) is 0. The Labute approximate surface area is 235 Å².